The summed E-state index contributed by atoms with van der Waals surface area (Å²) >= 11 is 1.34. The van der Waals surface area contributed by atoms with E-state index in [1.807, 2.05) is 74.0 Å². The van der Waals surface area contributed by atoms with Crippen molar-refractivity contribution in [3.05, 3.63) is 93.2 Å². The highest BCUT2D eigenvalue weighted by molar-refractivity contribution is 7.14. The lowest BCUT2D eigenvalue weighted by Gasteiger charge is -2.20. The van der Waals surface area contributed by atoms with Crippen LogP contribution in [0.5, 0.6) is 0 Å². The number of thiazole rings is 1. The van der Waals surface area contributed by atoms with Crippen LogP contribution >= 0.6 is 11.3 Å². The molecular formula is C27H28N4O3S. The molecule has 4 rings (SSSR count). The summed E-state index contributed by atoms with van der Waals surface area (Å²) in [7, 11) is 0. The van der Waals surface area contributed by atoms with Crippen LogP contribution in [0.2, 0.25) is 0 Å². The summed E-state index contributed by atoms with van der Waals surface area (Å²) in [6, 6.07) is 15.9. The quantitative estimate of drug-likeness (QED) is 0.314. The van der Waals surface area contributed by atoms with Crippen LogP contribution < -0.4 is 4.90 Å². The van der Waals surface area contributed by atoms with Gasteiger partial charge in [0.2, 0.25) is 5.91 Å². The normalized spacial score (nSPS) is 10.9. The Morgan fingerprint density at radius 1 is 1.06 bits per heavy atom. The Hall–Kier alpha value is -3.78. The first kappa shape index (κ1) is 24.3. The molecule has 0 saturated carbocycles. The summed E-state index contributed by atoms with van der Waals surface area (Å²) in [5.41, 5.74) is 6.44. The maximum atomic E-state index is 12.9. The molecular weight excluding hydrogens is 460 g/mol. The van der Waals surface area contributed by atoms with Gasteiger partial charge in [-0.1, -0.05) is 48.0 Å². The fourth-order valence-corrected chi connectivity index (χ4v) is 4.91. The van der Waals surface area contributed by atoms with Gasteiger partial charge in [-0.3, -0.25) is 14.4 Å². The van der Waals surface area contributed by atoms with E-state index < -0.39 is 5.97 Å². The van der Waals surface area contributed by atoms with E-state index in [4.69, 9.17) is 4.74 Å². The number of aromatic nitrogens is 3. The molecule has 7 nitrogen and oxygen atoms in total. The molecule has 0 aliphatic carbocycles. The smallest absolute Gasteiger partial charge is 0.342 e. The average Bonchev–Trinajstić information content (AvgIpc) is 3.38. The van der Waals surface area contributed by atoms with Gasteiger partial charge >= 0.3 is 5.97 Å². The van der Waals surface area contributed by atoms with E-state index >= 15 is 0 Å². The highest BCUT2D eigenvalue weighted by atomic mass is 32.1. The Balaban J connectivity index is 1.48. The third-order valence-electron chi connectivity index (χ3n) is 5.75. The molecule has 180 valence electrons. The first-order chi connectivity index (χ1) is 16.7. The molecule has 0 unspecified atom stereocenters. The molecule has 0 aliphatic heterocycles. The standard InChI is InChI=1S/C27H28N4O3S/c1-17-11-12-24(18(2)13-17)31(21(5)32)27-28-23(16-35-27)15-34-26(33)25-19(3)29-30(20(25)4)14-22-9-7-6-8-10-22/h6-13,16H,14-15H2,1-5H3. The predicted molar refractivity (Wildman–Crippen MR) is 137 cm³/mol. The number of benzene rings is 2. The molecule has 4 aromatic rings. The molecule has 0 atom stereocenters. The van der Waals surface area contributed by atoms with Crippen molar-refractivity contribution in [3.8, 4) is 0 Å². The summed E-state index contributed by atoms with van der Waals surface area (Å²) < 4.78 is 7.40. The first-order valence-electron chi connectivity index (χ1n) is 11.3. The van der Waals surface area contributed by atoms with Crippen molar-refractivity contribution in [2.24, 2.45) is 0 Å². The summed E-state index contributed by atoms with van der Waals surface area (Å²) in [6.07, 6.45) is 0. The number of hydrogen-bond donors (Lipinski definition) is 0. The van der Waals surface area contributed by atoms with Crippen LogP contribution in [-0.2, 0) is 22.7 Å². The van der Waals surface area contributed by atoms with Gasteiger partial charge in [-0.25, -0.2) is 9.78 Å². The highest BCUT2D eigenvalue weighted by Gasteiger charge is 2.22. The third kappa shape index (κ3) is 5.33. The molecule has 0 radical (unpaired) electrons. The maximum absolute atomic E-state index is 12.9. The number of amides is 1. The Morgan fingerprint density at radius 3 is 2.49 bits per heavy atom. The van der Waals surface area contributed by atoms with Crippen molar-refractivity contribution in [1.82, 2.24) is 14.8 Å². The molecule has 0 bridgehead atoms. The van der Waals surface area contributed by atoms with E-state index in [1.165, 1.54) is 18.3 Å². The van der Waals surface area contributed by atoms with Gasteiger partial charge in [0.1, 0.15) is 12.2 Å². The van der Waals surface area contributed by atoms with Crippen molar-refractivity contribution in [3.63, 3.8) is 0 Å². The van der Waals surface area contributed by atoms with Crippen LogP contribution in [0.25, 0.3) is 0 Å². The molecule has 2 heterocycles. The van der Waals surface area contributed by atoms with E-state index in [9.17, 15) is 9.59 Å². The SMILES string of the molecule is CC(=O)N(c1nc(COC(=O)c2c(C)nn(Cc3ccccc3)c2C)cs1)c1ccc(C)cc1C. The van der Waals surface area contributed by atoms with Gasteiger partial charge in [0, 0.05) is 12.3 Å². The van der Waals surface area contributed by atoms with Gasteiger partial charge in [-0.2, -0.15) is 5.10 Å². The minimum absolute atomic E-state index is 0.0106. The number of carbonyl (C=O) groups excluding carboxylic acids is 2. The second-order valence-corrected chi connectivity index (χ2v) is 9.37. The Kier molecular flexibility index (Phi) is 7.12. The Morgan fingerprint density at radius 2 is 1.80 bits per heavy atom. The zero-order valence-corrected chi connectivity index (χ0v) is 21.3. The van der Waals surface area contributed by atoms with Gasteiger partial charge in [0.15, 0.2) is 5.13 Å². The highest BCUT2D eigenvalue weighted by Crippen LogP contribution is 2.32. The minimum Gasteiger partial charge on any atom is -0.455 e. The van der Waals surface area contributed by atoms with Gasteiger partial charge in [-0.15, -0.1) is 11.3 Å². The monoisotopic (exact) mass is 488 g/mol. The molecule has 8 heteroatoms. The van der Waals surface area contributed by atoms with Crippen LogP contribution in [0.1, 0.15) is 51.1 Å². The fraction of sp³-hybridized carbons (Fsp3) is 0.259. The molecule has 0 fully saturated rings. The summed E-state index contributed by atoms with van der Waals surface area (Å²) in [6.45, 7) is 9.76. The van der Waals surface area contributed by atoms with Crippen molar-refractivity contribution in [2.45, 2.75) is 47.8 Å². The molecule has 0 N–H and O–H groups in total. The molecule has 2 aromatic heterocycles. The average molecular weight is 489 g/mol. The molecule has 0 saturated heterocycles. The van der Waals surface area contributed by atoms with Gasteiger partial charge < -0.3 is 4.74 Å². The molecule has 35 heavy (non-hydrogen) atoms. The van der Waals surface area contributed by atoms with Crippen molar-refractivity contribution in [1.29, 1.82) is 0 Å². The Bertz CT molecular complexity index is 1370. The number of rotatable bonds is 7. The predicted octanol–water partition coefficient (Wildman–Crippen LogP) is 5.66. The van der Waals surface area contributed by atoms with Crippen LogP contribution in [0.3, 0.4) is 0 Å². The first-order valence-corrected chi connectivity index (χ1v) is 12.2. The van der Waals surface area contributed by atoms with E-state index in [-0.39, 0.29) is 12.5 Å². The van der Waals surface area contributed by atoms with Crippen molar-refractivity contribution >= 4 is 34.0 Å². The zero-order valence-electron chi connectivity index (χ0n) is 20.5. The van der Waals surface area contributed by atoms with E-state index in [0.717, 1.165) is 28.1 Å². The van der Waals surface area contributed by atoms with Crippen LogP contribution in [0.15, 0.2) is 53.9 Å². The lowest BCUT2D eigenvalue weighted by Crippen LogP contribution is -2.23. The number of hydrogen-bond acceptors (Lipinski definition) is 6. The number of ether oxygens (including phenoxy) is 1. The fourth-order valence-electron chi connectivity index (χ4n) is 4.04. The largest absolute Gasteiger partial charge is 0.455 e. The molecule has 1 amide bonds. The summed E-state index contributed by atoms with van der Waals surface area (Å²) in [5.74, 6) is -0.571. The number of aryl methyl sites for hydroxylation is 3. The Labute approximate surface area is 209 Å². The molecule has 0 aliphatic rings. The number of carbonyl (C=O) groups is 2. The maximum Gasteiger partial charge on any atom is 0.342 e. The van der Waals surface area contributed by atoms with Crippen LogP contribution in [0, 0.1) is 27.7 Å². The van der Waals surface area contributed by atoms with Crippen LogP contribution in [-0.4, -0.2) is 26.6 Å². The second kappa shape index (κ2) is 10.2. The summed E-state index contributed by atoms with van der Waals surface area (Å²) in [5, 5.41) is 6.88. The minimum atomic E-state index is -0.438. The van der Waals surface area contributed by atoms with Gasteiger partial charge in [0.25, 0.3) is 0 Å². The number of nitrogens with zero attached hydrogens (tertiary/aromatic N) is 4. The zero-order chi connectivity index (χ0) is 25.1. The van der Waals surface area contributed by atoms with Gasteiger partial charge in [-0.05, 0) is 44.9 Å². The summed E-state index contributed by atoms with van der Waals surface area (Å²) in [4.78, 5) is 31.5. The molecule has 2 aromatic carbocycles. The lowest BCUT2D eigenvalue weighted by molar-refractivity contribution is -0.115. The molecule has 0 spiro atoms. The van der Waals surface area contributed by atoms with E-state index in [2.05, 4.69) is 10.1 Å². The van der Waals surface area contributed by atoms with E-state index in [0.29, 0.717) is 28.6 Å². The van der Waals surface area contributed by atoms with E-state index in [1.54, 1.807) is 17.2 Å². The number of anilines is 2. The second-order valence-electron chi connectivity index (χ2n) is 8.53. The van der Waals surface area contributed by atoms with Gasteiger partial charge in [0.05, 0.1) is 29.3 Å². The lowest BCUT2D eigenvalue weighted by atomic mass is 10.1. The van der Waals surface area contributed by atoms with Crippen molar-refractivity contribution < 1.29 is 14.3 Å². The number of esters is 1. The van der Waals surface area contributed by atoms with Crippen molar-refractivity contribution in [2.75, 3.05) is 4.90 Å². The van der Waals surface area contributed by atoms with Crippen LogP contribution in [0.4, 0.5) is 10.8 Å². The third-order valence-corrected chi connectivity index (χ3v) is 6.63. The topological polar surface area (TPSA) is 77.3 Å².